The molecule has 6 aliphatic rings. The van der Waals surface area contributed by atoms with Crippen molar-refractivity contribution >= 4 is 23.7 Å². The SMILES string of the molecule is CC(=O)N[C@@H]1[C@@H](O[C@@H]2O[C@H](CO)[C@H](O)[C@H](O)[C@H]2O[C@@H]2O[C@@H](C)[C@@H](O)[C@@H](O)[C@@H]2O)[C@@H](O)[C@@H](CO[C@@H]2O[C@H](CO)[C@@H](O[C@@H]3O[C@H](CO)[C@H](O)[C@H](O[C@]4(C(=O)O)C[C@H](O)[C@@H](NC(C)=O)[C@H]([C@H](O)[C@H](O)CO)O4)[C@H]3O)[C@H](O)[C@H]2NC(C)=O)O[C@@H]1O. The molecule has 0 aromatic carbocycles. The zero-order valence-electron chi connectivity index (χ0n) is 43.7. The van der Waals surface area contributed by atoms with Crippen molar-refractivity contribution in [2.24, 2.45) is 0 Å². The number of aliphatic hydroxyl groups is 17. The molecule has 36 nitrogen and oxygen atoms in total. The van der Waals surface area contributed by atoms with Crippen molar-refractivity contribution in [1.82, 2.24) is 16.0 Å². The molecule has 0 aliphatic carbocycles. The van der Waals surface area contributed by atoms with Gasteiger partial charge in [-0.3, -0.25) is 14.4 Å². The summed E-state index contributed by atoms with van der Waals surface area (Å²) in [6.07, 6.45) is -53.9. The summed E-state index contributed by atoms with van der Waals surface area (Å²) in [4.78, 5) is 50.1. The zero-order chi connectivity index (χ0) is 60.3. The van der Waals surface area contributed by atoms with Crippen molar-refractivity contribution in [2.75, 3.05) is 33.0 Å². The van der Waals surface area contributed by atoms with Gasteiger partial charge in [-0.05, 0) is 6.92 Å². The van der Waals surface area contributed by atoms with Gasteiger partial charge in [0.1, 0.15) is 134 Å². The van der Waals surface area contributed by atoms with Gasteiger partial charge in [0.25, 0.3) is 5.79 Å². The van der Waals surface area contributed by atoms with Crippen molar-refractivity contribution in [3.05, 3.63) is 0 Å². The second-order valence-corrected chi connectivity index (χ2v) is 20.4. The summed E-state index contributed by atoms with van der Waals surface area (Å²) in [6.45, 7) is -0.894. The summed E-state index contributed by atoms with van der Waals surface area (Å²) in [6, 6.07) is -5.15. The Kier molecular flexibility index (Phi) is 23.4. The molecule has 0 unspecified atom stereocenters. The van der Waals surface area contributed by atoms with E-state index in [1.54, 1.807) is 0 Å². The molecule has 0 aromatic heterocycles. The Morgan fingerprint density at radius 1 is 0.531 bits per heavy atom. The van der Waals surface area contributed by atoms with Crippen LogP contribution < -0.4 is 16.0 Å². The highest BCUT2D eigenvalue weighted by Crippen LogP contribution is 2.39. The molecular weight excluding hydrogens is 1110 g/mol. The van der Waals surface area contributed by atoms with E-state index in [1.165, 1.54) is 6.92 Å². The normalized spacial score (nSPS) is 46.7. The Hall–Kier alpha value is -3.24. The second kappa shape index (κ2) is 28.3. The molecule has 6 fully saturated rings. The number of carbonyl (C=O) groups excluding carboxylic acids is 3. The number of aliphatic carboxylic acids is 1. The van der Waals surface area contributed by atoms with Gasteiger partial charge in [0.05, 0.1) is 51.3 Å². The van der Waals surface area contributed by atoms with Crippen molar-refractivity contribution < 1.29 is 163 Å². The predicted molar refractivity (Wildman–Crippen MR) is 250 cm³/mol. The molecule has 0 bridgehead atoms. The van der Waals surface area contributed by atoms with Gasteiger partial charge >= 0.3 is 5.97 Å². The van der Waals surface area contributed by atoms with Crippen LogP contribution in [0.3, 0.4) is 0 Å². The third-order valence-corrected chi connectivity index (χ3v) is 14.6. The van der Waals surface area contributed by atoms with E-state index >= 15 is 0 Å². The van der Waals surface area contributed by atoms with E-state index in [1.807, 2.05) is 0 Å². The van der Waals surface area contributed by atoms with Crippen molar-refractivity contribution in [3.8, 4) is 0 Å². The first-order valence-corrected chi connectivity index (χ1v) is 25.6. The molecule has 6 rings (SSSR count). The fourth-order valence-electron chi connectivity index (χ4n) is 10.3. The maximum Gasteiger partial charge on any atom is 0.364 e. The van der Waals surface area contributed by atoms with Gasteiger partial charge in [-0.2, -0.15) is 0 Å². The van der Waals surface area contributed by atoms with E-state index in [2.05, 4.69) is 16.0 Å². The maximum absolute atomic E-state index is 13.0. The number of nitrogens with one attached hydrogen (secondary N) is 3. The van der Waals surface area contributed by atoms with Crippen LogP contribution in [0.25, 0.3) is 0 Å². The van der Waals surface area contributed by atoms with Gasteiger partial charge in [0.2, 0.25) is 17.7 Å². The van der Waals surface area contributed by atoms with Gasteiger partial charge in [0.15, 0.2) is 31.5 Å². The lowest BCUT2D eigenvalue weighted by atomic mass is 9.88. The highest BCUT2D eigenvalue weighted by Gasteiger charge is 2.61. The average Bonchev–Trinajstić information content (AvgIpc) is 3.42. The van der Waals surface area contributed by atoms with Crippen LogP contribution in [0.4, 0.5) is 0 Å². The number of ether oxygens (including phenoxy) is 11. The molecule has 6 aliphatic heterocycles. The first-order valence-electron chi connectivity index (χ1n) is 25.6. The van der Waals surface area contributed by atoms with Crippen LogP contribution in [0.15, 0.2) is 0 Å². The van der Waals surface area contributed by atoms with Crippen LogP contribution in [-0.2, 0) is 71.3 Å². The topological polar surface area (TPSA) is 570 Å². The number of aliphatic hydroxyl groups excluding tert-OH is 17. The molecule has 31 atom stereocenters. The molecule has 0 spiro atoms. The van der Waals surface area contributed by atoms with Crippen LogP contribution in [0.2, 0.25) is 0 Å². The van der Waals surface area contributed by atoms with E-state index in [0.29, 0.717) is 0 Å². The van der Waals surface area contributed by atoms with Crippen LogP contribution in [0.1, 0.15) is 34.1 Å². The highest BCUT2D eigenvalue weighted by atomic mass is 16.8. The number of carbonyl (C=O) groups is 4. The van der Waals surface area contributed by atoms with E-state index in [4.69, 9.17) is 52.1 Å². The molecule has 3 amide bonds. The monoisotopic (exact) mass is 1190 g/mol. The summed E-state index contributed by atoms with van der Waals surface area (Å²) >= 11 is 0. The summed E-state index contributed by atoms with van der Waals surface area (Å²) in [5.41, 5.74) is 0. The van der Waals surface area contributed by atoms with Crippen molar-refractivity contribution in [2.45, 2.75) is 224 Å². The van der Waals surface area contributed by atoms with E-state index in [-0.39, 0.29) is 0 Å². The lowest BCUT2D eigenvalue weighted by Gasteiger charge is -2.51. The van der Waals surface area contributed by atoms with Crippen LogP contribution in [0.5, 0.6) is 0 Å². The molecule has 0 saturated carbocycles. The Morgan fingerprint density at radius 2 is 1.05 bits per heavy atom. The molecule has 0 radical (unpaired) electrons. The molecule has 6 saturated heterocycles. The average molecular weight is 1190 g/mol. The van der Waals surface area contributed by atoms with E-state index in [9.17, 15) is 111 Å². The van der Waals surface area contributed by atoms with Gasteiger partial charge in [-0.1, -0.05) is 0 Å². The Morgan fingerprint density at radius 3 is 1.63 bits per heavy atom. The molecule has 81 heavy (non-hydrogen) atoms. The van der Waals surface area contributed by atoms with Crippen LogP contribution in [0, 0.1) is 0 Å². The minimum absolute atomic E-state index is 0.821. The Labute approximate surface area is 459 Å². The van der Waals surface area contributed by atoms with Gasteiger partial charge in [0, 0.05) is 27.2 Å². The number of carboxylic acids is 1. The minimum atomic E-state index is -3.19. The van der Waals surface area contributed by atoms with Crippen LogP contribution in [-0.4, -0.2) is 338 Å². The van der Waals surface area contributed by atoms with E-state index in [0.717, 1.165) is 20.8 Å². The summed E-state index contributed by atoms with van der Waals surface area (Å²) in [7, 11) is 0. The number of rotatable bonds is 21. The standard InChI is InChI=1S/C45H75N3O33/c1-11-24(58)30(64)32(66)41(72-11)79-38-31(65)26(60)17(7-50)75-43(38)78-35-23(48-14(4)55)39(68)73-20(28(35)62)10-71-40-22(47-13(3)54)29(63)34(19(9-52)76-40)77-42-33(67)37(27(61)18(8-51)74-42)81-45(44(69)70)5-15(56)21(46-12(2)53)36(80-45)25(59)16(57)6-49/h11,15-43,49-52,56-68H,5-10H2,1-4H3,(H,46,53)(H,47,54)(H,48,55)(H,69,70)/t11-,15-,16+,17+,18+,19+,20+,21+,22+,23+,24+,25+,26-,27-,28-,29+,30+,31-,32-,33+,34+,35+,36+,37-,38+,39-,40+,41-,42-,43-,45-/m0/s1. The number of hydrogen-bond acceptors (Lipinski definition) is 32. The predicted octanol–water partition coefficient (Wildman–Crippen LogP) is -13.4. The number of carboxylic acid groups (broad SMARTS) is 1. The molecule has 468 valence electrons. The summed E-state index contributed by atoms with van der Waals surface area (Å²) in [5, 5.41) is 201. The van der Waals surface area contributed by atoms with Crippen LogP contribution >= 0.6 is 0 Å². The van der Waals surface area contributed by atoms with E-state index < -0.39 is 253 Å². The molecule has 36 heteroatoms. The first-order chi connectivity index (χ1) is 38.0. The maximum atomic E-state index is 13.0. The Bertz CT molecular complexity index is 2080. The molecule has 6 heterocycles. The summed E-state index contributed by atoms with van der Waals surface area (Å²) in [5.74, 6) is -7.77. The third-order valence-electron chi connectivity index (χ3n) is 14.6. The van der Waals surface area contributed by atoms with Gasteiger partial charge in [-0.25, -0.2) is 4.79 Å². The third kappa shape index (κ3) is 14.7. The summed E-state index contributed by atoms with van der Waals surface area (Å²) < 4.78 is 63.1. The lowest BCUT2D eigenvalue weighted by Crippen LogP contribution is -2.71. The lowest BCUT2D eigenvalue weighted by molar-refractivity contribution is -0.385. The largest absolute Gasteiger partial charge is 0.477 e. The molecule has 21 N–H and O–H groups in total. The first kappa shape index (κ1) is 66.9. The minimum Gasteiger partial charge on any atom is -0.477 e. The van der Waals surface area contributed by atoms with Crippen molar-refractivity contribution in [1.29, 1.82) is 0 Å². The smallest absolute Gasteiger partial charge is 0.364 e. The second-order valence-electron chi connectivity index (χ2n) is 20.4. The molecular formula is C45H75N3O33. The number of hydrogen-bond donors (Lipinski definition) is 21. The fourth-order valence-corrected chi connectivity index (χ4v) is 10.3. The molecule has 0 aromatic rings. The Balaban J connectivity index is 1.22. The fraction of sp³-hybridized carbons (Fsp3) is 0.911. The number of amides is 3. The van der Waals surface area contributed by atoms with Gasteiger partial charge < -0.3 is 160 Å². The highest BCUT2D eigenvalue weighted by molar-refractivity contribution is 5.77. The van der Waals surface area contributed by atoms with Crippen molar-refractivity contribution in [3.63, 3.8) is 0 Å². The zero-order valence-corrected chi connectivity index (χ0v) is 43.7. The quantitative estimate of drug-likeness (QED) is 0.0507. The van der Waals surface area contributed by atoms with Gasteiger partial charge in [-0.15, -0.1) is 0 Å².